The van der Waals surface area contributed by atoms with Gasteiger partial charge in [-0.2, -0.15) is 0 Å². The van der Waals surface area contributed by atoms with Gasteiger partial charge in [-0.25, -0.2) is 4.79 Å². The third-order valence-electron chi connectivity index (χ3n) is 6.98. The van der Waals surface area contributed by atoms with Crippen molar-refractivity contribution in [3.05, 3.63) is 89.6 Å². The van der Waals surface area contributed by atoms with Crippen LogP contribution in [-0.2, 0) is 0 Å². The molecule has 182 valence electrons. The standard InChI is InChI=1S/C29H27N3O4/c1-4-35-25-10-6-9-22-23-17-29(3,36-26(22)25)32(28(34)30-23)21-8-5-7-20(16-21)27(33)31-14-13-19-12-11-18(2)15-24(19)31/h5-16,23H,4,17H2,1-3H3,(H,30,34)/t23?,29-/m1/s1. The fourth-order valence-corrected chi connectivity index (χ4v) is 5.35. The zero-order valence-corrected chi connectivity index (χ0v) is 20.4. The van der Waals surface area contributed by atoms with Gasteiger partial charge in [-0.3, -0.25) is 14.3 Å². The molecule has 6 rings (SSSR count). The molecule has 3 aromatic carbocycles. The van der Waals surface area contributed by atoms with Crippen molar-refractivity contribution < 1.29 is 19.1 Å². The number of urea groups is 1. The lowest BCUT2D eigenvalue weighted by atomic mass is 9.89. The van der Waals surface area contributed by atoms with Crippen molar-refractivity contribution >= 4 is 28.5 Å². The number of hydrogen-bond acceptors (Lipinski definition) is 4. The number of carbonyl (C=O) groups is 2. The summed E-state index contributed by atoms with van der Waals surface area (Å²) in [6.07, 6.45) is 2.34. The van der Waals surface area contributed by atoms with Crippen LogP contribution in [0.1, 0.15) is 47.8 Å². The van der Waals surface area contributed by atoms with E-state index in [1.165, 1.54) is 0 Å². The largest absolute Gasteiger partial charge is 0.490 e. The molecule has 0 saturated carbocycles. The third kappa shape index (κ3) is 3.42. The highest BCUT2D eigenvalue weighted by molar-refractivity contribution is 6.04. The summed E-state index contributed by atoms with van der Waals surface area (Å²) in [5, 5.41) is 4.11. The zero-order valence-electron chi connectivity index (χ0n) is 20.4. The van der Waals surface area contributed by atoms with Gasteiger partial charge in [0.25, 0.3) is 5.91 Å². The second kappa shape index (κ2) is 8.16. The maximum atomic E-state index is 13.5. The highest BCUT2D eigenvalue weighted by atomic mass is 16.5. The van der Waals surface area contributed by atoms with Crippen LogP contribution in [-0.4, -0.2) is 28.8 Å². The minimum absolute atomic E-state index is 0.161. The number of amides is 2. The first kappa shape index (κ1) is 22.2. The van der Waals surface area contributed by atoms with Crippen molar-refractivity contribution in [1.82, 2.24) is 9.88 Å². The third-order valence-corrected chi connectivity index (χ3v) is 6.98. The molecule has 0 radical (unpaired) electrons. The van der Waals surface area contributed by atoms with E-state index in [2.05, 4.69) is 5.32 Å². The zero-order chi connectivity index (χ0) is 25.0. The lowest BCUT2D eigenvalue weighted by Crippen LogP contribution is -2.65. The smallest absolute Gasteiger partial charge is 0.325 e. The van der Waals surface area contributed by atoms with Crippen LogP contribution in [0.4, 0.5) is 10.5 Å². The van der Waals surface area contributed by atoms with Crippen LogP contribution in [0.25, 0.3) is 10.9 Å². The summed E-state index contributed by atoms with van der Waals surface area (Å²) in [5.41, 5.74) is 2.96. The summed E-state index contributed by atoms with van der Waals surface area (Å²) < 4.78 is 14.0. The first-order chi connectivity index (χ1) is 17.4. The molecule has 1 fully saturated rings. The fourth-order valence-electron chi connectivity index (χ4n) is 5.35. The molecule has 1 N–H and O–H groups in total. The van der Waals surface area contributed by atoms with Crippen LogP contribution in [0.3, 0.4) is 0 Å². The highest BCUT2D eigenvalue weighted by Gasteiger charge is 2.50. The molecule has 2 atom stereocenters. The first-order valence-corrected chi connectivity index (χ1v) is 12.2. The topological polar surface area (TPSA) is 72.8 Å². The number of rotatable bonds is 4. The molecule has 0 aliphatic carbocycles. The number of nitrogens with zero attached hydrogens (tertiary/aromatic N) is 2. The molecule has 1 saturated heterocycles. The van der Waals surface area contributed by atoms with E-state index >= 15 is 0 Å². The van der Waals surface area contributed by atoms with Gasteiger partial charge in [0.2, 0.25) is 0 Å². The fraction of sp³-hybridized carbons (Fsp3) is 0.241. The Labute approximate surface area is 209 Å². The normalized spacial score (nSPS) is 20.5. The van der Waals surface area contributed by atoms with Crippen LogP contribution in [0.5, 0.6) is 11.5 Å². The number of hydrogen-bond donors (Lipinski definition) is 1. The van der Waals surface area contributed by atoms with Crippen LogP contribution >= 0.6 is 0 Å². The maximum absolute atomic E-state index is 13.5. The molecule has 1 unspecified atom stereocenters. The number of aryl methyl sites for hydroxylation is 1. The Hall–Kier alpha value is -4.26. The van der Waals surface area contributed by atoms with E-state index in [1.807, 2.05) is 69.3 Å². The van der Waals surface area contributed by atoms with Crippen molar-refractivity contribution in [3.8, 4) is 11.5 Å². The molecule has 7 heteroatoms. The maximum Gasteiger partial charge on any atom is 0.325 e. The lowest BCUT2D eigenvalue weighted by Gasteiger charge is -2.50. The monoisotopic (exact) mass is 481 g/mol. The average Bonchev–Trinajstić information content (AvgIpc) is 3.27. The van der Waals surface area contributed by atoms with Gasteiger partial charge in [0.15, 0.2) is 17.2 Å². The van der Waals surface area contributed by atoms with E-state index in [1.54, 1.807) is 33.9 Å². The minimum Gasteiger partial charge on any atom is -0.490 e. The molecule has 0 spiro atoms. The Bertz CT molecular complexity index is 1520. The molecule has 2 aliphatic rings. The summed E-state index contributed by atoms with van der Waals surface area (Å²) in [5.74, 6) is 1.14. The number of nitrogens with one attached hydrogen (secondary N) is 1. The summed E-state index contributed by atoms with van der Waals surface area (Å²) in [7, 11) is 0. The van der Waals surface area contributed by atoms with E-state index in [-0.39, 0.29) is 18.0 Å². The van der Waals surface area contributed by atoms with Gasteiger partial charge >= 0.3 is 6.03 Å². The SMILES string of the molecule is CCOc1cccc2c1O[C@]1(C)CC2NC(=O)N1c1cccc(C(=O)n2ccc3ccc(C)cc32)c1. The van der Waals surface area contributed by atoms with Crippen LogP contribution < -0.4 is 19.7 Å². The van der Waals surface area contributed by atoms with Crippen molar-refractivity contribution in [2.45, 2.75) is 39.0 Å². The molecular formula is C29H27N3O4. The van der Waals surface area contributed by atoms with Crippen molar-refractivity contribution in [2.24, 2.45) is 0 Å². The van der Waals surface area contributed by atoms with Crippen molar-refractivity contribution in [1.29, 1.82) is 0 Å². The Morgan fingerprint density at radius 2 is 1.97 bits per heavy atom. The first-order valence-electron chi connectivity index (χ1n) is 12.2. The van der Waals surface area contributed by atoms with Gasteiger partial charge in [0.1, 0.15) is 0 Å². The molecule has 2 bridgehead atoms. The summed E-state index contributed by atoms with van der Waals surface area (Å²) >= 11 is 0. The van der Waals surface area contributed by atoms with Crippen molar-refractivity contribution in [2.75, 3.05) is 11.5 Å². The second-order valence-electron chi connectivity index (χ2n) is 9.53. The number of aromatic nitrogens is 1. The number of carbonyl (C=O) groups excluding carboxylic acids is 2. The number of ether oxygens (including phenoxy) is 2. The molecule has 7 nitrogen and oxygen atoms in total. The van der Waals surface area contributed by atoms with Crippen LogP contribution in [0, 0.1) is 6.92 Å². The van der Waals surface area contributed by atoms with Gasteiger partial charge in [0, 0.05) is 29.1 Å². The summed E-state index contributed by atoms with van der Waals surface area (Å²) in [6.45, 7) is 6.34. The molecule has 2 aliphatic heterocycles. The molecule has 3 heterocycles. The van der Waals surface area contributed by atoms with E-state index in [0.29, 0.717) is 35.8 Å². The van der Waals surface area contributed by atoms with Gasteiger partial charge in [-0.05, 0) is 62.7 Å². The molecule has 2 amide bonds. The Morgan fingerprint density at radius 3 is 2.81 bits per heavy atom. The van der Waals surface area contributed by atoms with Crippen LogP contribution in [0.15, 0.2) is 72.9 Å². The summed E-state index contributed by atoms with van der Waals surface area (Å²) in [4.78, 5) is 28.5. The predicted molar refractivity (Wildman–Crippen MR) is 138 cm³/mol. The average molecular weight is 482 g/mol. The predicted octanol–water partition coefficient (Wildman–Crippen LogP) is 5.81. The number of para-hydroxylation sites is 1. The highest BCUT2D eigenvalue weighted by Crippen LogP contribution is 2.49. The van der Waals surface area contributed by atoms with E-state index in [9.17, 15) is 9.59 Å². The lowest BCUT2D eigenvalue weighted by molar-refractivity contribution is 0.0343. The number of anilines is 1. The molecule has 36 heavy (non-hydrogen) atoms. The number of fused-ring (bicyclic) bond motifs is 5. The Balaban J connectivity index is 1.38. The molecule has 1 aromatic heterocycles. The number of benzene rings is 3. The van der Waals surface area contributed by atoms with Gasteiger partial charge < -0.3 is 14.8 Å². The Morgan fingerprint density at radius 1 is 1.14 bits per heavy atom. The van der Waals surface area contributed by atoms with Gasteiger partial charge in [0.05, 0.1) is 23.9 Å². The molecular weight excluding hydrogens is 454 g/mol. The van der Waals surface area contributed by atoms with E-state index in [0.717, 1.165) is 22.0 Å². The van der Waals surface area contributed by atoms with Crippen molar-refractivity contribution in [3.63, 3.8) is 0 Å². The van der Waals surface area contributed by atoms with Gasteiger partial charge in [-0.15, -0.1) is 0 Å². The van der Waals surface area contributed by atoms with E-state index < -0.39 is 5.72 Å². The quantitative estimate of drug-likeness (QED) is 0.399. The Kier molecular flexibility index (Phi) is 5.03. The van der Waals surface area contributed by atoms with Crippen LogP contribution in [0.2, 0.25) is 0 Å². The summed E-state index contributed by atoms with van der Waals surface area (Å²) in [6, 6.07) is 20.4. The molecule has 4 aromatic rings. The van der Waals surface area contributed by atoms with E-state index in [4.69, 9.17) is 9.47 Å². The second-order valence-corrected chi connectivity index (χ2v) is 9.53. The van der Waals surface area contributed by atoms with Gasteiger partial charge in [-0.1, -0.05) is 30.3 Å². The minimum atomic E-state index is -0.952.